The number of carbonyl (C=O) groups excluding carboxylic acids is 3. The number of nitrogens with two attached hydrogens (primary N) is 1. The summed E-state index contributed by atoms with van der Waals surface area (Å²) in [5.41, 5.74) is 5.73. The van der Waals surface area contributed by atoms with Crippen LogP contribution in [0.2, 0.25) is 0 Å². The zero-order valence-electron chi connectivity index (χ0n) is 24.2. The highest BCUT2D eigenvalue weighted by Gasteiger charge is 2.48. The maximum Gasteiger partial charge on any atom is 0.249 e. The van der Waals surface area contributed by atoms with Crippen molar-refractivity contribution in [1.29, 1.82) is 0 Å². The molecule has 10 heteroatoms. The molecule has 1 aliphatic carbocycles. The van der Waals surface area contributed by atoms with Gasteiger partial charge in [-0.3, -0.25) is 14.4 Å². The SMILES string of the molecule is CCCN(CCC)C(=O)C1=CC(C)=CC(C(N)=O)([C@H](Cc2cc(F)cc(F)c2)[C@@H](O)CN[C@@H](C)C(=O)NCC)C1. The van der Waals surface area contributed by atoms with Crippen LogP contribution in [0.4, 0.5) is 8.78 Å². The van der Waals surface area contributed by atoms with Crippen LogP contribution in [0.25, 0.3) is 0 Å². The summed E-state index contributed by atoms with van der Waals surface area (Å²) in [7, 11) is 0. The fourth-order valence-corrected chi connectivity index (χ4v) is 5.42. The van der Waals surface area contributed by atoms with E-state index in [-0.39, 0.29) is 36.8 Å². The van der Waals surface area contributed by atoms with E-state index in [2.05, 4.69) is 10.6 Å². The molecule has 2 rings (SSSR count). The number of nitrogens with zero attached hydrogens (tertiary/aromatic N) is 1. The highest BCUT2D eigenvalue weighted by atomic mass is 19.1. The number of hydrogen-bond donors (Lipinski definition) is 4. The van der Waals surface area contributed by atoms with Gasteiger partial charge in [0.05, 0.1) is 17.6 Å². The molecule has 0 aliphatic heterocycles. The van der Waals surface area contributed by atoms with Crippen LogP contribution >= 0.6 is 0 Å². The third-order valence-electron chi connectivity index (χ3n) is 7.26. The van der Waals surface area contributed by atoms with Gasteiger partial charge in [-0.1, -0.05) is 31.6 Å². The van der Waals surface area contributed by atoms with E-state index < -0.39 is 41.0 Å². The number of hydrogen-bond acceptors (Lipinski definition) is 5. The molecule has 40 heavy (non-hydrogen) atoms. The number of nitrogens with one attached hydrogen (secondary N) is 2. The number of aliphatic hydroxyl groups excluding tert-OH is 1. The molecule has 8 nitrogen and oxygen atoms in total. The molecule has 0 radical (unpaired) electrons. The zero-order valence-corrected chi connectivity index (χ0v) is 24.2. The Morgan fingerprint density at radius 2 is 1.70 bits per heavy atom. The highest BCUT2D eigenvalue weighted by molar-refractivity contribution is 5.97. The normalized spacial score (nSPS) is 19.2. The van der Waals surface area contributed by atoms with Gasteiger partial charge in [0, 0.05) is 43.7 Å². The second-order valence-electron chi connectivity index (χ2n) is 10.6. The fraction of sp³-hybridized carbons (Fsp3) is 0.567. The van der Waals surface area contributed by atoms with Crippen LogP contribution in [0.1, 0.15) is 59.4 Å². The quantitative estimate of drug-likeness (QED) is 0.262. The number of halogens is 2. The van der Waals surface area contributed by atoms with Crippen LogP contribution in [0.15, 0.2) is 41.5 Å². The fourth-order valence-electron chi connectivity index (χ4n) is 5.42. The van der Waals surface area contributed by atoms with Crippen molar-refractivity contribution in [2.24, 2.45) is 17.1 Å². The molecular weight excluding hydrogens is 518 g/mol. The van der Waals surface area contributed by atoms with Gasteiger partial charge in [-0.05, 0) is 64.2 Å². The van der Waals surface area contributed by atoms with Crippen LogP contribution in [0.3, 0.4) is 0 Å². The van der Waals surface area contributed by atoms with E-state index in [0.29, 0.717) is 30.8 Å². The van der Waals surface area contributed by atoms with Gasteiger partial charge in [-0.25, -0.2) is 8.78 Å². The maximum absolute atomic E-state index is 14.1. The van der Waals surface area contributed by atoms with E-state index in [1.165, 1.54) is 0 Å². The molecule has 1 aromatic carbocycles. The van der Waals surface area contributed by atoms with Gasteiger partial charge in [0.1, 0.15) is 11.6 Å². The predicted molar refractivity (Wildman–Crippen MR) is 151 cm³/mol. The third kappa shape index (κ3) is 8.44. The minimum Gasteiger partial charge on any atom is -0.391 e. The summed E-state index contributed by atoms with van der Waals surface area (Å²) in [6, 6.07) is 2.39. The topological polar surface area (TPSA) is 125 Å². The monoisotopic (exact) mass is 562 g/mol. The lowest BCUT2D eigenvalue weighted by molar-refractivity contribution is -0.132. The Labute approximate surface area is 236 Å². The molecule has 0 spiro atoms. The van der Waals surface area contributed by atoms with Crippen molar-refractivity contribution in [3.05, 3.63) is 58.7 Å². The van der Waals surface area contributed by atoms with Gasteiger partial charge >= 0.3 is 0 Å². The van der Waals surface area contributed by atoms with E-state index in [4.69, 9.17) is 5.73 Å². The molecule has 4 atom stereocenters. The van der Waals surface area contributed by atoms with Gasteiger partial charge in [-0.2, -0.15) is 0 Å². The smallest absolute Gasteiger partial charge is 0.249 e. The summed E-state index contributed by atoms with van der Waals surface area (Å²) in [5.74, 6) is -3.80. The first kappa shape index (κ1) is 33.1. The van der Waals surface area contributed by atoms with Crippen LogP contribution in [-0.2, 0) is 20.8 Å². The molecule has 0 bridgehead atoms. The first-order valence-electron chi connectivity index (χ1n) is 14.0. The number of amides is 3. The molecular formula is C30H44F2N4O4. The number of likely N-dealkylation sites (N-methyl/N-ethyl adjacent to an activating group) is 1. The minimum atomic E-state index is -1.53. The number of primary amides is 1. The van der Waals surface area contributed by atoms with E-state index in [1.807, 2.05) is 13.8 Å². The molecule has 0 fully saturated rings. The Morgan fingerprint density at radius 3 is 2.23 bits per heavy atom. The Kier molecular flexibility index (Phi) is 12.4. The van der Waals surface area contributed by atoms with E-state index >= 15 is 0 Å². The second-order valence-corrected chi connectivity index (χ2v) is 10.6. The number of allylic oxidation sites excluding steroid dienone is 2. The lowest BCUT2D eigenvalue weighted by Crippen LogP contribution is -2.53. The standard InChI is InChI=1S/C30H44F2N4O4/c1-6-9-36(10-7-2)28(39)22-11-19(4)16-30(17-22,29(33)40)25(14-21-12-23(31)15-24(32)13-21)26(37)18-35-20(5)27(38)34-8-3/h11-13,15-16,20,25-26,35,37H,6-10,14,17-18H2,1-5H3,(H2,33,40)(H,34,38)/t20-,25+,26-,30?/m0/s1. The zero-order chi connectivity index (χ0) is 30.0. The molecule has 1 aromatic rings. The third-order valence-corrected chi connectivity index (χ3v) is 7.26. The van der Waals surface area contributed by atoms with Crippen LogP contribution in [-0.4, -0.2) is 66.1 Å². The second kappa shape index (κ2) is 15.0. The number of aliphatic hydroxyl groups is 1. The number of rotatable bonds is 15. The highest BCUT2D eigenvalue weighted by Crippen LogP contribution is 2.44. The Balaban J connectivity index is 2.54. The molecule has 0 saturated carbocycles. The van der Waals surface area contributed by atoms with Gasteiger partial charge in [-0.15, -0.1) is 0 Å². The Bertz CT molecular complexity index is 1100. The van der Waals surface area contributed by atoms with Crippen molar-refractivity contribution >= 4 is 17.7 Å². The van der Waals surface area contributed by atoms with E-state index in [0.717, 1.165) is 31.0 Å². The van der Waals surface area contributed by atoms with E-state index in [1.54, 1.807) is 37.8 Å². The summed E-state index contributed by atoms with van der Waals surface area (Å²) in [6.07, 6.45) is 3.45. The molecule has 222 valence electrons. The summed E-state index contributed by atoms with van der Waals surface area (Å²) < 4.78 is 28.3. The van der Waals surface area contributed by atoms with Crippen molar-refractivity contribution < 1.29 is 28.3 Å². The molecule has 0 saturated heterocycles. The molecule has 0 heterocycles. The van der Waals surface area contributed by atoms with Crippen molar-refractivity contribution in [2.45, 2.75) is 72.4 Å². The van der Waals surface area contributed by atoms with Gasteiger partial charge in [0.2, 0.25) is 17.7 Å². The van der Waals surface area contributed by atoms with Crippen LogP contribution < -0.4 is 16.4 Å². The van der Waals surface area contributed by atoms with E-state index in [9.17, 15) is 28.3 Å². The average Bonchev–Trinajstić information content (AvgIpc) is 2.88. The van der Waals surface area contributed by atoms with Crippen molar-refractivity contribution in [3.63, 3.8) is 0 Å². The summed E-state index contributed by atoms with van der Waals surface area (Å²) >= 11 is 0. The van der Waals surface area contributed by atoms with Gasteiger partial charge < -0.3 is 26.4 Å². The van der Waals surface area contributed by atoms with Gasteiger partial charge in [0.15, 0.2) is 0 Å². The number of carbonyl (C=O) groups is 3. The average molecular weight is 563 g/mol. The lowest BCUT2D eigenvalue weighted by Gasteiger charge is -2.42. The van der Waals surface area contributed by atoms with Crippen molar-refractivity contribution in [2.75, 3.05) is 26.2 Å². The molecule has 1 unspecified atom stereocenters. The minimum absolute atomic E-state index is 0.0756. The first-order valence-corrected chi connectivity index (χ1v) is 14.0. The predicted octanol–water partition coefficient (Wildman–Crippen LogP) is 3.00. The Morgan fingerprint density at radius 1 is 1.10 bits per heavy atom. The number of benzene rings is 1. The largest absolute Gasteiger partial charge is 0.391 e. The van der Waals surface area contributed by atoms with Crippen LogP contribution in [0, 0.1) is 23.0 Å². The summed E-state index contributed by atoms with van der Waals surface area (Å²) in [6.45, 7) is 10.6. The van der Waals surface area contributed by atoms with Crippen molar-refractivity contribution in [1.82, 2.24) is 15.5 Å². The maximum atomic E-state index is 14.1. The summed E-state index contributed by atoms with van der Waals surface area (Å²) in [4.78, 5) is 40.8. The first-order chi connectivity index (χ1) is 18.9. The Hall–Kier alpha value is -3.11. The van der Waals surface area contributed by atoms with Gasteiger partial charge in [0.25, 0.3) is 0 Å². The lowest BCUT2D eigenvalue weighted by atomic mass is 9.63. The van der Waals surface area contributed by atoms with Crippen LogP contribution in [0.5, 0.6) is 0 Å². The molecule has 1 aliphatic rings. The van der Waals surface area contributed by atoms with Crippen molar-refractivity contribution in [3.8, 4) is 0 Å². The molecule has 3 amide bonds. The molecule has 0 aromatic heterocycles. The summed E-state index contributed by atoms with van der Waals surface area (Å²) in [5, 5.41) is 17.2. The molecule has 5 N–H and O–H groups in total.